The fraction of sp³-hybridized carbons (Fsp3) is 0.556. The van der Waals surface area contributed by atoms with Crippen LogP contribution < -0.4 is 14.5 Å². The predicted molar refractivity (Wildman–Crippen MR) is 96.2 cm³/mol. The van der Waals surface area contributed by atoms with Crippen LogP contribution in [0.25, 0.3) is 0 Å². The van der Waals surface area contributed by atoms with Crippen molar-refractivity contribution in [1.29, 1.82) is 0 Å². The monoisotopic (exact) mass is 340 g/mol. The van der Waals surface area contributed by atoms with Gasteiger partial charge in [0.1, 0.15) is 12.1 Å². The van der Waals surface area contributed by atoms with E-state index in [0.717, 1.165) is 43.4 Å². The number of hydrogen-bond donors (Lipinski definition) is 0. The minimum Gasteiger partial charge on any atom is -0.478 e. The lowest BCUT2D eigenvalue weighted by molar-refractivity contribution is 0.371. The van der Waals surface area contributed by atoms with Gasteiger partial charge in [0.25, 0.3) is 5.88 Å². The molecule has 2 aliphatic heterocycles. The number of piperidine rings is 1. The third kappa shape index (κ3) is 2.77. The topological polar surface area (TPSA) is 67.3 Å². The van der Waals surface area contributed by atoms with E-state index in [2.05, 4.69) is 36.7 Å². The number of aromatic nitrogens is 4. The minimum absolute atomic E-state index is 0.438. The summed E-state index contributed by atoms with van der Waals surface area (Å²) in [5, 5.41) is 0. The van der Waals surface area contributed by atoms with Gasteiger partial charge in [-0.2, -0.15) is 0 Å². The van der Waals surface area contributed by atoms with Crippen molar-refractivity contribution in [2.24, 2.45) is 5.92 Å². The van der Waals surface area contributed by atoms with Crippen LogP contribution in [-0.2, 0) is 0 Å². The summed E-state index contributed by atoms with van der Waals surface area (Å²) in [5.74, 6) is 3.21. The first-order valence-corrected chi connectivity index (χ1v) is 8.84. The molecule has 2 atom stereocenters. The van der Waals surface area contributed by atoms with Gasteiger partial charge in [-0.3, -0.25) is 0 Å². The number of ether oxygens (including phenoxy) is 1. The van der Waals surface area contributed by atoms with Crippen LogP contribution in [0.1, 0.15) is 24.1 Å². The Kier molecular flexibility index (Phi) is 4.15. The number of fused-ring (bicyclic) bond motifs is 1. The average molecular weight is 340 g/mol. The zero-order valence-electron chi connectivity index (χ0n) is 15.0. The predicted octanol–water partition coefficient (Wildman–Crippen LogP) is 2.00. The Hall–Kier alpha value is -2.44. The number of methoxy groups -OCH3 is 1. The minimum atomic E-state index is 0.438. The first kappa shape index (κ1) is 16.1. The van der Waals surface area contributed by atoms with Crippen molar-refractivity contribution < 1.29 is 4.74 Å². The van der Waals surface area contributed by atoms with E-state index < -0.39 is 0 Å². The first-order valence-electron chi connectivity index (χ1n) is 8.84. The molecule has 0 aliphatic carbocycles. The Morgan fingerprint density at radius 2 is 1.80 bits per heavy atom. The molecule has 7 nitrogen and oxygen atoms in total. The second-order valence-electron chi connectivity index (χ2n) is 6.84. The molecule has 2 aromatic rings. The molecule has 25 heavy (non-hydrogen) atoms. The van der Waals surface area contributed by atoms with E-state index in [-0.39, 0.29) is 0 Å². The van der Waals surface area contributed by atoms with E-state index in [0.29, 0.717) is 17.8 Å². The normalized spacial score (nSPS) is 22.8. The number of aryl methyl sites for hydroxylation is 1. The van der Waals surface area contributed by atoms with Gasteiger partial charge in [-0.25, -0.2) is 19.9 Å². The van der Waals surface area contributed by atoms with E-state index in [4.69, 9.17) is 4.74 Å². The molecule has 0 radical (unpaired) electrons. The highest BCUT2D eigenvalue weighted by molar-refractivity contribution is 5.53. The molecule has 2 aromatic heterocycles. The standard InChI is InChI=1S/C18H24N6O/c1-12-13(2)21-11-22-16(12)24-9-5-14-4-8-23(10-15(14)24)17-18(25-3)20-7-6-19-17/h6-7,11,14-15H,4-5,8-10H2,1-3H3. The van der Waals surface area contributed by atoms with Crippen LogP contribution >= 0.6 is 0 Å². The zero-order chi connectivity index (χ0) is 17.4. The Bertz CT molecular complexity index is 767. The summed E-state index contributed by atoms with van der Waals surface area (Å²) in [5.41, 5.74) is 2.23. The molecule has 4 heterocycles. The van der Waals surface area contributed by atoms with Crippen molar-refractivity contribution >= 4 is 11.6 Å². The maximum atomic E-state index is 5.41. The third-order valence-corrected chi connectivity index (χ3v) is 5.58. The average Bonchev–Trinajstić information content (AvgIpc) is 3.07. The van der Waals surface area contributed by atoms with Gasteiger partial charge in [-0.05, 0) is 32.6 Å². The van der Waals surface area contributed by atoms with E-state index in [1.54, 1.807) is 25.8 Å². The highest BCUT2D eigenvalue weighted by atomic mass is 16.5. The van der Waals surface area contributed by atoms with Gasteiger partial charge >= 0.3 is 0 Å². The van der Waals surface area contributed by atoms with Gasteiger partial charge in [-0.1, -0.05) is 0 Å². The van der Waals surface area contributed by atoms with Crippen molar-refractivity contribution in [3.8, 4) is 5.88 Å². The zero-order valence-corrected chi connectivity index (χ0v) is 15.0. The molecule has 7 heteroatoms. The van der Waals surface area contributed by atoms with Crippen molar-refractivity contribution in [2.75, 3.05) is 36.5 Å². The maximum Gasteiger partial charge on any atom is 0.257 e. The van der Waals surface area contributed by atoms with Crippen molar-refractivity contribution in [3.63, 3.8) is 0 Å². The van der Waals surface area contributed by atoms with Crippen LogP contribution in [0.3, 0.4) is 0 Å². The smallest absolute Gasteiger partial charge is 0.257 e. The molecule has 0 saturated carbocycles. The SMILES string of the molecule is COc1nccnc1N1CCC2CCN(c3ncnc(C)c3C)C2C1. The number of anilines is 2. The van der Waals surface area contributed by atoms with E-state index in [1.165, 1.54) is 12.0 Å². The number of hydrogen-bond acceptors (Lipinski definition) is 7. The van der Waals surface area contributed by atoms with Gasteiger partial charge in [0.15, 0.2) is 5.82 Å². The summed E-state index contributed by atoms with van der Waals surface area (Å²) in [4.78, 5) is 22.5. The summed E-state index contributed by atoms with van der Waals surface area (Å²) < 4.78 is 5.41. The third-order valence-electron chi connectivity index (χ3n) is 5.58. The summed E-state index contributed by atoms with van der Waals surface area (Å²) in [6, 6.07) is 0.438. The van der Waals surface area contributed by atoms with Crippen molar-refractivity contribution in [1.82, 2.24) is 19.9 Å². The second-order valence-corrected chi connectivity index (χ2v) is 6.84. The van der Waals surface area contributed by atoms with Gasteiger partial charge in [0.2, 0.25) is 0 Å². The summed E-state index contributed by atoms with van der Waals surface area (Å²) in [7, 11) is 1.65. The van der Waals surface area contributed by atoms with Gasteiger partial charge in [0, 0.05) is 43.3 Å². The van der Waals surface area contributed by atoms with Gasteiger partial charge in [-0.15, -0.1) is 0 Å². The summed E-state index contributed by atoms with van der Waals surface area (Å²) >= 11 is 0. The molecule has 132 valence electrons. The Morgan fingerprint density at radius 1 is 1.00 bits per heavy atom. The molecule has 0 aromatic carbocycles. The van der Waals surface area contributed by atoms with E-state index in [1.807, 2.05) is 6.92 Å². The molecule has 2 aliphatic rings. The molecule has 4 rings (SSSR count). The van der Waals surface area contributed by atoms with E-state index in [9.17, 15) is 0 Å². The van der Waals surface area contributed by atoms with E-state index >= 15 is 0 Å². The van der Waals surface area contributed by atoms with Crippen molar-refractivity contribution in [2.45, 2.75) is 32.7 Å². The van der Waals surface area contributed by atoms with Gasteiger partial charge < -0.3 is 14.5 Å². The highest BCUT2D eigenvalue weighted by Gasteiger charge is 2.40. The van der Waals surface area contributed by atoms with Crippen LogP contribution in [0.15, 0.2) is 18.7 Å². The number of nitrogens with zero attached hydrogens (tertiary/aromatic N) is 6. The number of rotatable bonds is 3. The fourth-order valence-electron chi connectivity index (χ4n) is 4.09. The fourth-order valence-corrected chi connectivity index (χ4v) is 4.09. The molecule has 2 unspecified atom stereocenters. The van der Waals surface area contributed by atoms with Crippen LogP contribution in [0, 0.1) is 19.8 Å². The molecular weight excluding hydrogens is 316 g/mol. The lowest BCUT2D eigenvalue weighted by Gasteiger charge is -2.39. The first-order chi connectivity index (χ1) is 12.2. The lowest BCUT2D eigenvalue weighted by Crippen LogP contribution is -2.49. The second kappa shape index (κ2) is 6.46. The maximum absolute atomic E-state index is 5.41. The van der Waals surface area contributed by atoms with Crippen LogP contribution in [0.4, 0.5) is 11.6 Å². The summed E-state index contributed by atoms with van der Waals surface area (Å²) in [6.45, 7) is 7.13. The van der Waals surface area contributed by atoms with Gasteiger partial charge in [0.05, 0.1) is 13.2 Å². The largest absolute Gasteiger partial charge is 0.478 e. The molecule has 2 saturated heterocycles. The molecule has 0 spiro atoms. The Balaban J connectivity index is 1.62. The van der Waals surface area contributed by atoms with Crippen LogP contribution in [0.5, 0.6) is 5.88 Å². The Morgan fingerprint density at radius 3 is 2.64 bits per heavy atom. The van der Waals surface area contributed by atoms with Crippen LogP contribution in [-0.4, -0.2) is 52.7 Å². The highest BCUT2D eigenvalue weighted by Crippen LogP contribution is 2.37. The molecular formula is C18H24N6O. The quantitative estimate of drug-likeness (QED) is 0.846. The molecule has 0 amide bonds. The Labute approximate surface area is 148 Å². The lowest BCUT2D eigenvalue weighted by atomic mass is 9.92. The van der Waals surface area contributed by atoms with Crippen molar-refractivity contribution in [3.05, 3.63) is 30.0 Å². The van der Waals surface area contributed by atoms with Crippen LogP contribution in [0.2, 0.25) is 0 Å². The molecule has 0 N–H and O–H groups in total. The summed E-state index contributed by atoms with van der Waals surface area (Å²) in [6.07, 6.45) is 7.46. The molecule has 2 fully saturated rings. The molecule has 0 bridgehead atoms.